The Morgan fingerprint density at radius 2 is 2.00 bits per heavy atom. The molecule has 0 spiro atoms. The molecule has 0 unspecified atom stereocenters. The van der Waals surface area contributed by atoms with E-state index < -0.39 is 0 Å². The zero-order valence-electron chi connectivity index (χ0n) is 14.6. The van der Waals surface area contributed by atoms with Gasteiger partial charge in [0.15, 0.2) is 0 Å². The molecule has 6 nitrogen and oxygen atoms in total. The van der Waals surface area contributed by atoms with Crippen molar-refractivity contribution in [3.8, 4) is 0 Å². The maximum Gasteiger partial charge on any atom is 0.258 e. The van der Waals surface area contributed by atoms with Gasteiger partial charge >= 0.3 is 0 Å². The van der Waals surface area contributed by atoms with E-state index in [0.717, 1.165) is 5.69 Å². The van der Waals surface area contributed by atoms with Gasteiger partial charge in [-0.1, -0.05) is 29.8 Å². The number of hydrogen-bond donors (Lipinski definition) is 1. The van der Waals surface area contributed by atoms with Crippen LogP contribution in [0.25, 0.3) is 5.65 Å². The number of nitrogens with zero attached hydrogens (tertiary/aromatic N) is 3. The highest BCUT2D eigenvalue weighted by Crippen LogP contribution is 2.20. The van der Waals surface area contributed by atoms with Gasteiger partial charge in [0, 0.05) is 18.3 Å². The molecule has 3 rings (SSSR count). The number of aromatic nitrogens is 2. The number of carbonyl (C=O) groups excluding carboxylic acids is 1. The Balaban J connectivity index is 1.69. The first-order valence-corrected chi connectivity index (χ1v) is 8.53. The lowest BCUT2D eigenvalue weighted by atomic mass is 10.3. The molecule has 0 radical (unpaired) electrons. The summed E-state index contributed by atoms with van der Waals surface area (Å²) in [6.45, 7) is 2.40. The van der Waals surface area contributed by atoms with Gasteiger partial charge in [-0.25, -0.2) is 4.98 Å². The highest BCUT2D eigenvalue weighted by atomic mass is 35.5. The van der Waals surface area contributed by atoms with E-state index in [9.17, 15) is 9.59 Å². The number of anilines is 1. The summed E-state index contributed by atoms with van der Waals surface area (Å²) in [4.78, 5) is 30.8. The van der Waals surface area contributed by atoms with Crippen LogP contribution in [0.4, 0.5) is 5.69 Å². The van der Waals surface area contributed by atoms with Crippen molar-refractivity contribution in [2.24, 2.45) is 0 Å². The van der Waals surface area contributed by atoms with Crippen LogP contribution in [-0.2, 0) is 11.3 Å². The van der Waals surface area contributed by atoms with Gasteiger partial charge in [-0.3, -0.25) is 18.9 Å². The Hall–Kier alpha value is -2.70. The van der Waals surface area contributed by atoms with Crippen molar-refractivity contribution in [3.63, 3.8) is 0 Å². The predicted octanol–water partition coefficient (Wildman–Crippen LogP) is 2.73. The Bertz CT molecular complexity index is 1020. The van der Waals surface area contributed by atoms with Gasteiger partial charge in [0.25, 0.3) is 5.56 Å². The van der Waals surface area contributed by atoms with Crippen LogP contribution in [-0.4, -0.2) is 33.8 Å². The third kappa shape index (κ3) is 4.09. The quantitative estimate of drug-likeness (QED) is 0.750. The van der Waals surface area contributed by atoms with Crippen molar-refractivity contribution >= 4 is 28.8 Å². The van der Waals surface area contributed by atoms with Gasteiger partial charge in [0.1, 0.15) is 5.65 Å². The van der Waals surface area contributed by atoms with Crippen LogP contribution < -0.4 is 10.9 Å². The fraction of sp³-hybridized carbons (Fsp3) is 0.211. The van der Waals surface area contributed by atoms with E-state index in [1.54, 1.807) is 46.7 Å². The van der Waals surface area contributed by atoms with Gasteiger partial charge < -0.3 is 5.32 Å². The minimum Gasteiger partial charge on any atom is -0.324 e. The van der Waals surface area contributed by atoms with Gasteiger partial charge in [-0.05, 0) is 38.2 Å². The summed E-state index contributed by atoms with van der Waals surface area (Å²) in [6.07, 6.45) is 0. The smallest absolute Gasteiger partial charge is 0.258 e. The van der Waals surface area contributed by atoms with E-state index in [0.29, 0.717) is 28.6 Å². The molecule has 0 aliphatic rings. The van der Waals surface area contributed by atoms with E-state index in [-0.39, 0.29) is 18.0 Å². The van der Waals surface area contributed by atoms with Crippen LogP contribution >= 0.6 is 11.6 Å². The van der Waals surface area contributed by atoms with E-state index in [2.05, 4.69) is 10.3 Å². The monoisotopic (exact) mass is 370 g/mol. The van der Waals surface area contributed by atoms with Crippen molar-refractivity contribution in [1.29, 1.82) is 0 Å². The van der Waals surface area contributed by atoms with Crippen LogP contribution in [0, 0.1) is 6.92 Å². The van der Waals surface area contributed by atoms with Gasteiger partial charge in [-0.2, -0.15) is 0 Å². The van der Waals surface area contributed by atoms with Crippen molar-refractivity contribution in [2.75, 3.05) is 18.9 Å². The molecule has 0 aliphatic carbocycles. The molecule has 134 valence electrons. The Morgan fingerprint density at radius 1 is 1.23 bits per heavy atom. The first-order chi connectivity index (χ1) is 12.4. The summed E-state index contributed by atoms with van der Waals surface area (Å²) in [5.74, 6) is -0.186. The lowest BCUT2D eigenvalue weighted by Crippen LogP contribution is -2.31. The molecule has 1 N–H and O–H groups in total. The minimum absolute atomic E-state index is 0.128. The molecule has 0 saturated carbocycles. The number of benzene rings is 1. The number of rotatable bonds is 5. The SMILES string of the molecule is Cc1cccc2nc(CN(C)CC(=O)Nc3ccccc3Cl)cc(=O)n12. The van der Waals surface area contributed by atoms with E-state index in [4.69, 9.17) is 11.6 Å². The third-order valence-electron chi connectivity index (χ3n) is 3.93. The summed E-state index contributed by atoms with van der Waals surface area (Å²) in [6, 6.07) is 14.1. The first kappa shape index (κ1) is 18.1. The number of nitrogens with one attached hydrogen (secondary N) is 1. The number of pyridine rings is 1. The zero-order valence-corrected chi connectivity index (χ0v) is 15.3. The normalized spacial score (nSPS) is 11.1. The number of halogens is 1. The van der Waals surface area contributed by atoms with Crippen LogP contribution in [0.1, 0.15) is 11.4 Å². The molecule has 0 saturated heterocycles. The molecule has 0 fully saturated rings. The summed E-state index contributed by atoms with van der Waals surface area (Å²) in [5.41, 5.74) is 2.50. The molecule has 0 bridgehead atoms. The Morgan fingerprint density at radius 3 is 2.77 bits per heavy atom. The maximum absolute atomic E-state index is 12.3. The average molecular weight is 371 g/mol. The van der Waals surface area contributed by atoms with Crippen molar-refractivity contribution < 1.29 is 4.79 Å². The molecule has 7 heteroatoms. The fourth-order valence-electron chi connectivity index (χ4n) is 2.77. The van der Waals surface area contributed by atoms with Crippen LogP contribution in [0.5, 0.6) is 0 Å². The second-order valence-corrected chi connectivity index (χ2v) is 6.55. The molecule has 0 atom stereocenters. The highest BCUT2D eigenvalue weighted by Gasteiger charge is 2.11. The Kier molecular flexibility index (Phi) is 5.35. The summed E-state index contributed by atoms with van der Waals surface area (Å²) in [7, 11) is 1.80. The zero-order chi connectivity index (χ0) is 18.7. The molecule has 26 heavy (non-hydrogen) atoms. The average Bonchev–Trinajstić information content (AvgIpc) is 2.56. The fourth-order valence-corrected chi connectivity index (χ4v) is 2.96. The molecule has 2 heterocycles. The topological polar surface area (TPSA) is 66.7 Å². The standard InChI is InChI=1S/C19H19ClN4O2/c1-13-6-5-9-17-21-14(10-19(26)24(13)17)11-23(2)12-18(25)22-16-8-4-3-7-15(16)20/h3-10H,11-12H2,1-2H3,(H,22,25). The van der Waals surface area contributed by atoms with Crippen LogP contribution in [0.15, 0.2) is 53.3 Å². The second kappa shape index (κ2) is 7.68. The minimum atomic E-state index is -0.186. The van der Waals surface area contributed by atoms with Gasteiger partial charge in [0.05, 0.1) is 22.9 Å². The number of amides is 1. The number of para-hydroxylation sites is 1. The van der Waals surface area contributed by atoms with Crippen molar-refractivity contribution in [1.82, 2.24) is 14.3 Å². The molecule has 1 aromatic carbocycles. The van der Waals surface area contributed by atoms with Gasteiger partial charge in [-0.15, -0.1) is 0 Å². The summed E-state index contributed by atoms with van der Waals surface area (Å²) in [5, 5.41) is 3.27. The lowest BCUT2D eigenvalue weighted by Gasteiger charge is -2.16. The largest absolute Gasteiger partial charge is 0.324 e. The third-order valence-corrected chi connectivity index (χ3v) is 4.26. The number of likely N-dealkylation sites (N-methyl/N-ethyl adjacent to an activating group) is 1. The van der Waals surface area contributed by atoms with Gasteiger partial charge in [0.2, 0.25) is 5.91 Å². The second-order valence-electron chi connectivity index (χ2n) is 6.15. The molecule has 3 aromatic rings. The molecule has 2 aromatic heterocycles. The maximum atomic E-state index is 12.3. The van der Waals surface area contributed by atoms with E-state index in [1.807, 2.05) is 19.1 Å². The summed E-state index contributed by atoms with van der Waals surface area (Å²) >= 11 is 6.04. The van der Waals surface area contributed by atoms with Crippen molar-refractivity contribution in [3.05, 3.63) is 75.3 Å². The van der Waals surface area contributed by atoms with Crippen LogP contribution in [0.3, 0.4) is 0 Å². The van der Waals surface area contributed by atoms with Crippen molar-refractivity contribution in [2.45, 2.75) is 13.5 Å². The Labute approximate surface area is 156 Å². The number of fused-ring (bicyclic) bond motifs is 1. The predicted molar refractivity (Wildman–Crippen MR) is 103 cm³/mol. The molecular formula is C19H19ClN4O2. The number of hydrogen-bond acceptors (Lipinski definition) is 4. The van der Waals surface area contributed by atoms with E-state index >= 15 is 0 Å². The van der Waals surface area contributed by atoms with Crippen LogP contribution in [0.2, 0.25) is 5.02 Å². The number of carbonyl (C=O) groups is 1. The molecular weight excluding hydrogens is 352 g/mol. The molecule has 1 amide bonds. The van der Waals surface area contributed by atoms with E-state index in [1.165, 1.54) is 6.07 Å². The first-order valence-electron chi connectivity index (χ1n) is 8.15. The lowest BCUT2D eigenvalue weighted by molar-refractivity contribution is -0.117. The highest BCUT2D eigenvalue weighted by molar-refractivity contribution is 6.33. The number of aryl methyl sites for hydroxylation is 1. The molecule has 0 aliphatic heterocycles. The summed E-state index contributed by atoms with van der Waals surface area (Å²) < 4.78 is 1.56.